The van der Waals surface area contributed by atoms with E-state index in [1.807, 2.05) is 0 Å². The van der Waals surface area contributed by atoms with Crippen molar-refractivity contribution in [2.45, 2.75) is 12.7 Å². The molecule has 0 aliphatic carbocycles. The van der Waals surface area contributed by atoms with Crippen LogP contribution in [0.4, 0.5) is 30.4 Å². The van der Waals surface area contributed by atoms with Gasteiger partial charge in [0.2, 0.25) is 5.91 Å². The number of halogens is 3. The van der Waals surface area contributed by atoms with Gasteiger partial charge in [-0.05, 0) is 29.3 Å². The first-order chi connectivity index (χ1) is 17.3. The Balaban J connectivity index is 1.63. The molecular formula is C25H21F3N6O2. The van der Waals surface area contributed by atoms with Crippen molar-refractivity contribution in [3.8, 4) is 16.9 Å². The molecule has 8 nitrogen and oxygen atoms in total. The molecule has 0 unspecified atom stereocenters. The second-order valence-corrected chi connectivity index (χ2v) is 7.66. The fourth-order valence-corrected chi connectivity index (χ4v) is 3.56. The Morgan fingerprint density at radius 2 is 1.75 bits per heavy atom. The van der Waals surface area contributed by atoms with Gasteiger partial charge in [-0.15, -0.1) is 0 Å². The van der Waals surface area contributed by atoms with E-state index in [-0.39, 0.29) is 23.6 Å². The van der Waals surface area contributed by atoms with Crippen molar-refractivity contribution < 1.29 is 22.7 Å². The minimum absolute atomic E-state index is 0.0528. The molecule has 0 fully saturated rings. The van der Waals surface area contributed by atoms with Crippen molar-refractivity contribution in [2.24, 2.45) is 5.73 Å². The van der Waals surface area contributed by atoms with Crippen LogP contribution >= 0.6 is 0 Å². The number of nitrogens with two attached hydrogens (primary N) is 1. The summed E-state index contributed by atoms with van der Waals surface area (Å²) in [4.78, 5) is 23.6. The van der Waals surface area contributed by atoms with Gasteiger partial charge >= 0.3 is 6.18 Å². The molecule has 4 N–H and O–H groups in total. The molecule has 0 aliphatic heterocycles. The third-order valence-corrected chi connectivity index (χ3v) is 5.32. The van der Waals surface area contributed by atoms with Crippen LogP contribution < -0.4 is 21.1 Å². The molecule has 36 heavy (non-hydrogen) atoms. The number of nitrogens with zero attached hydrogens (tertiary/aromatic N) is 3. The normalized spacial score (nSPS) is 11.1. The summed E-state index contributed by atoms with van der Waals surface area (Å²) >= 11 is 0. The smallest absolute Gasteiger partial charge is 0.419 e. The van der Waals surface area contributed by atoms with Gasteiger partial charge in [0.15, 0.2) is 0 Å². The Morgan fingerprint density at radius 1 is 1.00 bits per heavy atom. The number of primary amides is 1. The largest absolute Gasteiger partial charge is 0.495 e. The van der Waals surface area contributed by atoms with Gasteiger partial charge in [0.1, 0.15) is 17.9 Å². The van der Waals surface area contributed by atoms with Crippen LogP contribution in [-0.4, -0.2) is 28.0 Å². The molecule has 4 aromatic rings. The highest BCUT2D eigenvalue weighted by atomic mass is 19.4. The molecule has 2 aromatic carbocycles. The lowest BCUT2D eigenvalue weighted by molar-refractivity contribution is -0.137. The Bertz CT molecular complexity index is 1380. The third-order valence-electron chi connectivity index (χ3n) is 5.32. The molecule has 0 saturated carbocycles. The second-order valence-electron chi connectivity index (χ2n) is 7.66. The Labute approximate surface area is 204 Å². The van der Waals surface area contributed by atoms with Gasteiger partial charge in [0, 0.05) is 42.3 Å². The maximum atomic E-state index is 13.7. The summed E-state index contributed by atoms with van der Waals surface area (Å²) in [7, 11) is 1.48. The first-order valence-corrected chi connectivity index (χ1v) is 10.7. The molecule has 2 aromatic heterocycles. The number of benzene rings is 2. The average molecular weight is 494 g/mol. The van der Waals surface area contributed by atoms with E-state index in [2.05, 4.69) is 25.6 Å². The zero-order valence-electron chi connectivity index (χ0n) is 19.0. The number of nitrogens with one attached hydrogen (secondary N) is 2. The van der Waals surface area contributed by atoms with Crippen LogP contribution in [0.25, 0.3) is 11.1 Å². The fourth-order valence-electron chi connectivity index (χ4n) is 3.56. The topological polar surface area (TPSA) is 115 Å². The number of amides is 1. The Hall–Kier alpha value is -4.67. The number of pyridine rings is 1. The third kappa shape index (κ3) is 5.52. The molecular weight excluding hydrogens is 473 g/mol. The molecule has 0 saturated heterocycles. The van der Waals surface area contributed by atoms with Crippen molar-refractivity contribution in [1.29, 1.82) is 0 Å². The summed E-state index contributed by atoms with van der Waals surface area (Å²) < 4.78 is 46.4. The van der Waals surface area contributed by atoms with Crippen molar-refractivity contribution in [3.05, 3.63) is 90.1 Å². The number of carbonyl (C=O) groups is 1. The molecule has 2 heterocycles. The summed E-state index contributed by atoms with van der Waals surface area (Å²) in [6, 6.07) is 12.9. The van der Waals surface area contributed by atoms with Gasteiger partial charge in [-0.3, -0.25) is 4.79 Å². The number of hydrogen-bond acceptors (Lipinski definition) is 7. The lowest BCUT2D eigenvalue weighted by atomic mass is 10.1. The van der Waals surface area contributed by atoms with Crippen LogP contribution in [0.1, 0.15) is 21.5 Å². The monoisotopic (exact) mass is 494 g/mol. The van der Waals surface area contributed by atoms with Gasteiger partial charge in [-0.25, -0.2) is 15.0 Å². The van der Waals surface area contributed by atoms with Crippen LogP contribution in [0.2, 0.25) is 0 Å². The van der Waals surface area contributed by atoms with E-state index in [0.717, 1.165) is 17.3 Å². The maximum Gasteiger partial charge on any atom is 0.419 e. The number of hydrogen-bond donors (Lipinski definition) is 3. The van der Waals surface area contributed by atoms with Gasteiger partial charge in [-0.1, -0.05) is 24.3 Å². The Morgan fingerprint density at radius 3 is 2.44 bits per heavy atom. The fraction of sp³-hybridized carbons (Fsp3) is 0.120. The van der Waals surface area contributed by atoms with Gasteiger partial charge < -0.3 is 21.1 Å². The predicted octanol–water partition coefficient (Wildman–Crippen LogP) is 5.02. The van der Waals surface area contributed by atoms with Crippen LogP contribution in [0, 0.1) is 0 Å². The molecule has 1 amide bonds. The minimum Gasteiger partial charge on any atom is -0.495 e. The lowest BCUT2D eigenvalue weighted by Crippen LogP contribution is -2.16. The molecule has 0 aliphatic rings. The van der Waals surface area contributed by atoms with E-state index in [1.54, 1.807) is 48.8 Å². The van der Waals surface area contributed by atoms with Crippen LogP contribution in [-0.2, 0) is 12.7 Å². The molecule has 4 rings (SSSR count). The highest BCUT2D eigenvalue weighted by molar-refractivity contribution is 5.94. The molecule has 184 valence electrons. The number of anilines is 3. The molecule has 0 bridgehead atoms. The number of carbonyl (C=O) groups excluding carboxylic acids is 1. The predicted molar refractivity (Wildman–Crippen MR) is 129 cm³/mol. The van der Waals surface area contributed by atoms with Crippen LogP contribution in [0.15, 0.2) is 73.4 Å². The zero-order chi connectivity index (χ0) is 25.7. The molecule has 0 atom stereocenters. The lowest BCUT2D eigenvalue weighted by Gasteiger charge is -2.17. The Kier molecular flexibility index (Phi) is 7.00. The SMILES string of the molecule is COc1cc(-c2cncnc2)ccc1Nc1cc(NCc2ccccc2C(N)=O)c(C(F)(F)F)cn1. The number of alkyl halides is 3. The number of rotatable bonds is 8. The van der Waals surface area contributed by atoms with Crippen molar-refractivity contribution >= 4 is 23.1 Å². The summed E-state index contributed by atoms with van der Waals surface area (Å²) in [5, 5.41) is 5.76. The molecule has 0 radical (unpaired) electrons. The maximum absolute atomic E-state index is 13.7. The summed E-state index contributed by atoms with van der Waals surface area (Å²) in [5.41, 5.74) is 6.98. The highest BCUT2D eigenvalue weighted by Gasteiger charge is 2.34. The minimum atomic E-state index is -4.64. The number of ether oxygens (including phenoxy) is 1. The summed E-state index contributed by atoms with van der Waals surface area (Å²) in [6.45, 7) is -0.0528. The van der Waals surface area contributed by atoms with Crippen molar-refractivity contribution in [2.75, 3.05) is 17.7 Å². The standard InChI is InChI=1S/C25H21F3N6O2/c1-36-22-8-15(17-10-30-14-31-11-17)6-7-20(22)34-23-9-21(19(13-33-23)25(26,27)28)32-12-16-4-2-3-5-18(16)24(29)35/h2-11,13-14H,12H2,1H3,(H2,29,35)(H2,32,33,34). The van der Waals surface area contributed by atoms with Gasteiger partial charge in [-0.2, -0.15) is 13.2 Å². The number of methoxy groups -OCH3 is 1. The van der Waals surface area contributed by atoms with Crippen LogP contribution in [0.5, 0.6) is 5.75 Å². The van der Waals surface area contributed by atoms with E-state index in [4.69, 9.17) is 10.5 Å². The van der Waals surface area contributed by atoms with E-state index >= 15 is 0 Å². The molecule has 0 spiro atoms. The first-order valence-electron chi connectivity index (χ1n) is 10.7. The highest BCUT2D eigenvalue weighted by Crippen LogP contribution is 2.37. The van der Waals surface area contributed by atoms with E-state index in [1.165, 1.54) is 25.6 Å². The summed E-state index contributed by atoms with van der Waals surface area (Å²) in [5.74, 6) is -0.0659. The van der Waals surface area contributed by atoms with E-state index < -0.39 is 17.6 Å². The van der Waals surface area contributed by atoms with E-state index in [9.17, 15) is 18.0 Å². The van der Waals surface area contributed by atoms with Gasteiger partial charge in [0.25, 0.3) is 0 Å². The van der Waals surface area contributed by atoms with Crippen molar-refractivity contribution in [3.63, 3.8) is 0 Å². The quantitative estimate of drug-likeness (QED) is 0.315. The van der Waals surface area contributed by atoms with Crippen LogP contribution in [0.3, 0.4) is 0 Å². The van der Waals surface area contributed by atoms with Gasteiger partial charge in [0.05, 0.1) is 24.0 Å². The first kappa shape index (κ1) is 24.5. The zero-order valence-corrected chi connectivity index (χ0v) is 19.0. The molecule has 11 heteroatoms. The van der Waals surface area contributed by atoms with E-state index in [0.29, 0.717) is 17.0 Å². The number of aromatic nitrogens is 3. The average Bonchev–Trinajstić information content (AvgIpc) is 2.87. The summed E-state index contributed by atoms with van der Waals surface area (Å²) in [6.07, 6.45) is 0.827. The van der Waals surface area contributed by atoms with Crippen molar-refractivity contribution in [1.82, 2.24) is 15.0 Å². The second kappa shape index (κ2) is 10.3.